The standard InChI is InChI=1S/C19H27F2N3O/c1-15-4-2-3-5-17(15)16-6-10-23(14-16)13-9-22-18(25)24-11-7-19(20,21)8-12-24/h2-5,16H,6-14H2,1H3,(H,22,25). The number of urea groups is 1. The Bertz CT molecular complexity index is 598. The van der Waals surface area contributed by atoms with Crippen LogP contribution in [-0.2, 0) is 0 Å². The SMILES string of the molecule is Cc1ccccc1C1CCN(CCNC(=O)N2CCC(F)(F)CC2)C1. The third-order valence-electron chi connectivity index (χ3n) is 5.39. The summed E-state index contributed by atoms with van der Waals surface area (Å²) in [6.45, 7) is 5.84. The molecule has 2 amide bonds. The van der Waals surface area contributed by atoms with Crippen molar-refractivity contribution >= 4 is 6.03 Å². The minimum absolute atomic E-state index is 0.137. The normalized spacial score (nSPS) is 23.6. The molecule has 1 aromatic rings. The van der Waals surface area contributed by atoms with Crippen LogP contribution in [0.25, 0.3) is 0 Å². The van der Waals surface area contributed by atoms with Crippen molar-refractivity contribution in [2.24, 2.45) is 0 Å². The molecule has 2 saturated heterocycles. The summed E-state index contributed by atoms with van der Waals surface area (Å²) >= 11 is 0. The maximum atomic E-state index is 13.1. The maximum absolute atomic E-state index is 13.1. The van der Waals surface area contributed by atoms with Gasteiger partial charge in [-0.25, -0.2) is 13.6 Å². The average molecular weight is 351 g/mol. The van der Waals surface area contributed by atoms with E-state index in [-0.39, 0.29) is 32.0 Å². The number of aryl methyl sites for hydroxylation is 1. The van der Waals surface area contributed by atoms with Crippen molar-refractivity contribution in [1.82, 2.24) is 15.1 Å². The van der Waals surface area contributed by atoms with Crippen LogP contribution in [0.4, 0.5) is 13.6 Å². The van der Waals surface area contributed by atoms with E-state index in [9.17, 15) is 13.6 Å². The van der Waals surface area contributed by atoms with E-state index in [0.717, 1.165) is 26.1 Å². The fourth-order valence-corrected chi connectivity index (χ4v) is 3.80. The second kappa shape index (κ2) is 7.68. The van der Waals surface area contributed by atoms with Crippen molar-refractivity contribution in [1.29, 1.82) is 0 Å². The zero-order chi connectivity index (χ0) is 17.9. The van der Waals surface area contributed by atoms with Gasteiger partial charge in [-0.1, -0.05) is 24.3 Å². The van der Waals surface area contributed by atoms with Crippen LogP contribution in [0, 0.1) is 6.92 Å². The second-order valence-corrected chi connectivity index (χ2v) is 7.22. The third-order valence-corrected chi connectivity index (χ3v) is 5.39. The Kier molecular flexibility index (Phi) is 5.57. The zero-order valence-electron chi connectivity index (χ0n) is 14.8. The average Bonchev–Trinajstić information content (AvgIpc) is 3.03. The molecule has 2 aliphatic rings. The number of amides is 2. The van der Waals surface area contributed by atoms with E-state index < -0.39 is 5.92 Å². The molecule has 1 atom stereocenters. The first-order valence-electron chi connectivity index (χ1n) is 9.13. The highest BCUT2D eigenvalue weighted by atomic mass is 19.3. The van der Waals surface area contributed by atoms with Gasteiger partial charge in [0.1, 0.15) is 0 Å². The largest absolute Gasteiger partial charge is 0.337 e. The van der Waals surface area contributed by atoms with Gasteiger partial charge in [-0.2, -0.15) is 0 Å². The summed E-state index contributed by atoms with van der Waals surface area (Å²) in [6, 6.07) is 8.30. The number of nitrogens with zero attached hydrogens (tertiary/aromatic N) is 2. The van der Waals surface area contributed by atoms with Crippen molar-refractivity contribution in [3.63, 3.8) is 0 Å². The quantitative estimate of drug-likeness (QED) is 0.904. The molecule has 2 heterocycles. The predicted molar refractivity (Wildman–Crippen MR) is 94.1 cm³/mol. The lowest BCUT2D eigenvalue weighted by atomic mass is 9.94. The first-order valence-corrected chi connectivity index (χ1v) is 9.13. The summed E-state index contributed by atoms with van der Waals surface area (Å²) in [5, 5.41) is 2.87. The van der Waals surface area contributed by atoms with Crippen molar-refractivity contribution < 1.29 is 13.6 Å². The highest BCUT2D eigenvalue weighted by Gasteiger charge is 2.35. The first-order chi connectivity index (χ1) is 11.9. The van der Waals surface area contributed by atoms with Crippen molar-refractivity contribution in [3.05, 3.63) is 35.4 Å². The summed E-state index contributed by atoms with van der Waals surface area (Å²) in [7, 11) is 0. The number of piperidine rings is 1. The van der Waals surface area contributed by atoms with Gasteiger partial charge in [-0.3, -0.25) is 0 Å². The van der Waals surface area contributed by atoms with Crippen LogP contribution < -0.4 is 5.32 Å². The fourth-order valence-electron chi connectivity index (χ4n) is 3.80. The topological polar surface area (TPSA) is 35.6 Å². The van der Waals surface area contributed by atoms with Crippen LogP contribution in [0.15, 0.2) is 24.3 Å². The summed E-state index contributed by atoms with van der Waals surface area (Å²) in [5.74, 6) is -2.06. The number of hydrogen-bond acceptors (Lipinski definition) is 2. The molecular weight excluding hydrogens is 324 g/mol. The van der Waals surface area contributed by atoms with Crippen LogP contribution in [0.2, 0.25) is 0 Å². The van der Waals surface area contributed by atoms with Gasteiger partial charge < -0.3 is 15.1 Å². The molecule has 0 radical (unpaired) electrons. The van der Waals surface area contributed by atoms with Crippen molar-refractivity contribution in [2.75, 3.05) is 39.3 Å². The number of nitrogens with one attached hydrogen (secondary N) is 1. The highest BCUT2D eigenvalue weighted by Crippen LogP contribution is 2.29. The molecular formula is C19H27F2N3O. The summed E-state index contributed by atoms with van der Waals surface area (Å²) in [5.41, 5.74) is 2.76. The molecule has 0 aliphatic carbocycles. The molecule has 0 bridgehead atoms. The molecule has 1 N–H and O–H groups in total. The van der Waals surface area contributed by atoms with Crippen molar-refractivity contribution in [3.8, 4) is 0 Å². The number of carbonyl (C=O) groups is 1. The Morgan fingerprint density at radius 1 is 1.24 bits per heavy atom. The molecule has 6 heteroatoms. The second-order valence-electron chi connectivity index (χ2n) is 7.22. The lowest BCUT2D eigenvalue weighted by molar-refractivity contribution is -0.0469. The van der Waals surface area contributed by atoms with Crippen LogP contribution in [0.3, 0.4) is 0 Å². The van der Waals surface area contributed by atoms with E-state index in [1.165, 1.54) is 16.0 Å². The highest BCUT2D eigenvalue weighted by molar-refractivity contribution is 5.74. The molecule has 2 aliphatic heterocycles. The van der Waals surface area contributed by atoms with Gasteiger partial charge in [-0.05, 0) is 36.9 Å². The van der Waals surface area contributed by atoms with Gasteiger partial charge in [0.15, 0.2) is 0 Å². The van der Waals surface area contributed by atoms with Gasteiger partial charge >= 0.3 is 6.03 Å². The van der Waals surface area contributed by atoms with E-state index in [0.29, 0.717) is 12.5 Å². The number of hydrogen-bond donors (Lipinski definition) is 1. The van der Waals surface area contributed by atoms with Gasteiger partial charge in [0.05, 0.1) is 0 Å². The van der Waals surface area contributed by atoms with E-state index in [1.807, 2.05) is 0 Å². The van der Waals surface area contributed by atoms with Gasteiger partial charge in [0.2, 0.25) is 0 Å². The van der Waals surface area contributed by atoms with E-state index in [2.05, 4.69) is 41.4 Å². The fraction of sp³-hybridized carbons (Fsp3) is 0.632. The first kappa shape index (κ1) is 18.1. The number of benzene rings is 1. The molecule has 138 valence electrons. The number of likely N-dealkylation sites (tertiary alicyclic amines) is 2. The van der Waals surface area contributed by atoms with Gasteiger partial charge in [0, 0.05) is 45.6 Å². The predicted octanol–water partition coefficient (Wildman–Crippen LogP) is 3.23. The molecule has 1 aromatic carbocycles. The Morgan fingerprint density at radius 2 is 1.96 bits per heavy atom. The molecule has 0 aromatic heterocycles. The molecule has 3 rings (SSSR count). The molecule has 2 fully saturated rings. The Hall–Kier alpha value is -1.69. The Morgan fingerprint density at radius 3 is 2.68 bits per heavy atom. The maximum Gasteiger partial charge on any atom is 0.317 e. The van der Waals surface area contributed by atoms with E-state index in [4.69, 9.17) is 0 Å². The van der Waals surface area contributed by atoms with Gasteiger partial charge in [-0.15, -0.1) is 0 Å². The minimum atomic E-state index is -2.61. The van der Waals surface area contributed by atoms with Crippen LogP contribution in [0.5, 0.6) is 0 Å². The monoisotopic (exact) mass is 351 g/mol. The van der Waals surface area contributed by atoms with Crippen LogP contribution >= 0.6 is 0 Å². The Labute approximate surface area is 148 Å². The van der Waals surface area contributed by atoms with Crippen LogP contribution in [0.1, 0.15) is 36.3 Å². The molecule has 25 heavy (non-hydrogen) atoms. The third kappa shape index (κ3) is 4.69. The smallest absolute Gasteiger partial charge is 0.317 e. The van der Waals surface area contributed by atoms with Crippen molar-refractivity contribution in [2.45, 2.75) is 38.0 Å². The van der Waals surface area contributed by atoms with Crippen LogP contribution in [-0.4, -0.2) is 61.0 Å². The lowest BCUT2D eigenvalue weighted by Gasteiger charge is -2.31. The zero-order valence-corrected chi connectivity index (χ0v) is 14.8. The molecule has 1 unspecified atom stereocenters. The number of alkyl halides is 2. The lowest BCUT2D eigenvalue weighted by Crippen LogP contribution is -2.48. The Balaban J connectivity index is 1.39. The summed E-state index contributed by atoms with van der Waals surface area (Å²) < 4.78 is 26.3. The van der Waals surface area contributed by atoms with E-state index >= 15 is 0 Å². The minimum Gasteiger partial charge on any atom is -0.337 e. The number of carbonyl (C=O) groups excluding carboxylic acids is 1. The summed E-state index contributed by atoms with van der Waals surface area (Å²) in [4.78, 5) is 15.9. The van der Waals surface area contributed by atoms with E-state index in [1.54, 1.807) is 0 Å². The summed E-state index contributed by atoms with van der Waals surface area (Å²) in [6.07, 6.45) is 0.676. The number of rotatable bonds is 4. The molecule has 4 nitrogen and oxygen atoms in total. The number of halogens is 2. The molecule has 0 saturated carbocycles. The molecule has 0 spiro atoms. The van der Waals surface area contributed by atoms with Gasteiger partial charge in [0.25, 0.3) is 5.92 Å².